The van der Waals surface area contributed by atoms with Crippen LogP contribution in [0.1, 0.15) is 31.4 Å². The van der Waals surface area contributed by atoms with E-state index in [0.29, 0.717) is 12.5 Å². The second-order valence-corrected chi connectivity index (χ2v) is 8.90. The Bertz CT molecular complexity index is 802. The van der Waals surface area contributed by atoms with Crippen LogP contribution in [0.25, 0.3) is 10.6 Å². The van der Waals surface area contributed by atoms with Gasteiger partial charge in [-0.05, 0) is 37.8 Å². The maximum Gasteiger partial charge on any atom is 0.240 e. The maximum atomic E-state index is 12.8. The number of nitrogens with zero attached hydrogens (tertiary/aromatic N) is 1. The van der Waals surface area contributed by atoms with Crippen LogP contribution in [-0.2, 0) is 10.0 Å². The van der Waals surface area contributed by atoms with Crippen LogP contribution in [-0.4, -0.2) is 26.0 Å². The number of nitrogens with two attached hydrogens (primary N) is 1. The molecule has 0 aliphatic heterocycles. The first-order chi connectivity index (χ1) is 11.5. The fourth-order valence-corrected chi connectivity index (χ4v) is 5.40. The van der Waals surface area contributed by atoms with E-state index in [0.717, 1.165) is 41.9 Å². The molecule has 5 nitrogen and oxygen atoms in total. The van der Waals surface area contributed by atoms with Gasteiger partial charge >= 0.3 is 0 Å². The highest BCUT2D eigenvalue weighted by molar-refractivity contribution is 7.89. The van der Waals surface area contributed by atoms with E-state index in [1.165, 1.54) is 11.3 Å². The molecule has 1 aliphatic rings. The number of hydrogen-bond donors (Lipinski definition) is 2. The summed E-state index contributed by atoms with van der Waals surface area (Å²) in [5, 5.41) is 2.79. The number of hydrogen-bond acceptors (Lipinski definition) is 5. The molecule has 1 heterocycles. The zero-order valence-corrected chi connectivity index (χ0v) is 16.6. The monoisotopic (exact) mass is 401 g/mol. The summed E-state index contributed by atoms with van der Waals surface area (Å²) in [6.07, 6.45) is 4.40. The molecule has 1 aromatic carbocycles. The van der Waals surface area contributed by atoms with E-state index in [2.05, 4.69) is 9.71 Å². The summed E-state index contributed by atoms with van der Waals surface area (Å²) in [5.41, 5.74) is 7.58. The molecule has 1 aliphatic carbocycles. The Kier molecular flexibility index (Phi) is 6.99. The molecule has 1 unspecified atom stereocenters. The van der Waals surface area contributed by atoms with Gasteiger partial charge in [-0.1, -0.05) is 25.0 Å². The third kappa shape index (κ3) is 4.80. The summed E-state index contributed by atoms with van der Waals surface area (Å²) in [7, 11) is -3.59. The highest BCUT2D eigenvalue weighted by atomic mass is 35.5. The van der Waals surface area contributed by atoms with Crippen molar-refractivity contribution in [2.75, 3.05) is 6.54 Å². The smallest absolute Gasteiger partial charge is 0.240 e. The third-order valence-electron chi connectivity index (χ3n) is 4.54. The van der Waals surface area contributed by atoms with E-state index in [4.69, 9.17) is 5.73 Å². The van der Waals surface area contributed by atoms with Crippen molar-refractivity contribution in [3.05, 3.63) is 35.3 Å². The summed E-state index contributed by atoms with van der Waals surface area (Å²) < 4.78 is 28.3. The van der Waals surface area contributed by atoms with Crippen molar-refractivity contribution in [3.8, 4) is 10.6 Å². The summed E-state index contributed by atoms with van der Waals surface area (Å²) in [5.74, 6) is 0.342. The first-order valence-electron chi connectivity index (χ1n) is 8.24. The summed E-state index contributed by atoms with van der Waals surface area (Å²) in [6, 6.07) is 6.75. The van der Waals surface area contributed by atoms with E-state index < -0.39 is 10.0 Å². The first-order valence-corrected chi connectivity index (χ1v) is 10.6. The molecular formula is C17H24ClN3O2S2. The zero-order valence-electron chi connectivity index (χ0n) is 14.1. The van der Waals surface area contributed by atoms with Crippen molar-refractivity contribution in [1.29, 1.82) is 0 Å². The van der Waals surface area contributed by atoms with E-state index in [1.807, 2.05) is 18.4 Å². The predicted molar refractivity (Wildman–Crippen MR) is 105 cm³/mol. The minimum absolute atomic E-state index is 0. The van der Waals surface area contributed by atoms with Crippen LogP contribution in [0.15, 0.2) is 34.5 Å². The van der Waals surface area contributed by atoms with Crippen LogP contribution >= 0.6 is 23.7 Å². The zero-order chi connectivity index (χ0) is 17.2. The lowest BCUT2D eigenvalue weighted by atomic mass is 9.99. The largest absolute Gasteiger partial charge is 0.329 e. The van der Waals surface area contributed by atoms with Gasteiger partial charge in [0.25, 0.3) is 0 Å². The van der Waals surface area contributed by atoms with Crippen LogP contribution in [0.5, 0.6) is 0 Å². The van der Waals surface area contributed by atoms with Gasteiger partial charge in [0.15, 0.2) is 0 Å². The molecule has 1 saturated carbocycles. The van der Waals surface area contributed by atoms with Gasteiger partial charge in [0, 0.05) is 29.2 Å². The minimum Gasteiger partial charge on any atom is -0.329 e. The minimum atomic E-state index is -3.59. The van der Waals surface area contributed by atoms with Gasteiger partial charge in [-0.25, -0.2) is 18.1 Å². The van der Waals surface area contributed by atoms with Crippen molar-refractivity contribution in [2.45, 2.75) is 43.5 Å². The molecule has 0 spiro atoms. The van der Waals surface area contributed by atoms with Crippen LogP contribution in [0, 0.1) is 12.8 Å². The van der Waals surface area contributed by atoms with Gasteiger partial charge in [0.1, 0.15) is 5.01 Å². The van der Waals surface area contributed by atoms with Crippen molar-refractivity contribution in [2.24, 2.45) is 11.7 Å². The first kappa shape index (κ1) is 20.3. The standard InChI is InChI=1S/C17H23N3O2S2.ClH/c1-12-11-23-17(19-12)14-7-4-8-15(9-14)24(21,22)20-16(10-18)13-5-2-3-6-13;/h4,7-9,11,13,16,20H,2-3,5-6,10,18H2,1H3;1H. The summed E-state index contributed by atoms with van der Waals surface area (Å²) in [4.78, 5) is 4.70. The summed E-state index contributed by atoms with van der Waals surface area (Å²) >= 11 is 1.51. The fraction of sp³-hybridized carbons (Fsp3) is 0.471. The number of rotatable bonds is 6. The average molecular weight is 402 g/mol. The molecule has 0 saturated heterocycles. The van der Waals surface area contributed by atoms with Crippen molar-refractivity contribution in [3.63, 3.8) is 0 Å². The molecule has 3 rings (SSSR count). The Morgan fingerprint density at radius 2 is 2.08 bits per heavy atom. The summed E-state index contributed by atoms with van der Waals surface area (Å²) in [6.45, 7) is 2.25. The van der Waals surface area contributed by atoms with Gasteiger partial charge in [0.05, 0.1) is 4.90 Å². The number of aromatic nitrogens is 1. The highest BCUT2D eigenvalue weighted by Crippen LogP contribution is 2.29. The number of benzene rings is 1. The average Bonchev–Trinajstić information content (AvgIpc) is 3.24. The van der Waals surface area contributed by atoms with E-state index in [-0.39, 0.29) is 23.3 Å². The quantitative estimate of drug-likeness (QED) is 0.777. The Hall–Kier alpha value is -0.990. The molecule has 1 aromatic heterocycles. The van der Waals surface area contributed by atoms with Crippen LogP contribution in [0.4, 0.5) is 0 Å². The highest BCUT2D eigenvalue weighted by Gasteiger charge is 2.28. The number of halogens is 1. The normalized spacial score (nSPS) is 16.6. The number of nitrogens with one attached hydrogen (secondary N) is 1. The van der Waals surface area contributed by atoms with Crippen LogP contribution < -0.4 is 10.5 Å². The van der Waals surface area contributed by atoms with Gasteiger partial charge in [-0.15, -0.1) is 23.7 Å². The second-order valence-electron chi connectivity index (χ2n) is 6.33. The Morgan fingerprint density at radius 3 is 2.68 bits per heavy atom. The molecule has 2 aromatic rings. The van der Waals surface area contributed by atoms with Gasteiger partial charge in [-0.3, -0.25) is 0 Å². The molecule has 0 radical (unpaired) electrons. The van der Waals surface area contributed by atoms with Crippen LogP contribution in [0.3, 0.4) is 0 Å². The lowest BCUT2D eigenvalue weighted by Crippen LogP contribution is -2.44. The lowest BCUT2D eigenvalue weighted by Gasteiger charge is -2.23. The fourth-order valence-electron chi connectivity index (χ4n) is 3.25. The molecule has 3 N–H and O–H groups in total. The van der Waals surface area contributed by atoms with E-state index >= 15 is 0 Å². The number of thiazole rings is 1. The molecule has 0 amide bonds. The Morgan fingerprint density at radius 1 is 1.36 bits per heavy atom. The van der Waals surface area contributed by atoms with Crippen LogP contribution in [0.2, 0.25) is 0 Å². The Labute approximate surface area is 159 Å². The Balaban J connectivity index is 0.00000225. The SMILES string of the molecule is Cc1csc(-c2cccc(S(=O)(=O)NC(CN)C3CCCC3)c2)n1.Cl. The van der Waals surface area contributed by atoms with Crippen molar-refractivity contribution >= 4 is 33.8 Å². The maximum absolute atomic E-state index is 12.8. The molecule has 1 fully saturated rings. The van der Waals surface area contributed by atoms with Crippen molar-refractivity contribution in [1.82, 2.24) is 9.71 Å². The number of aryl methyl sites for hydroxylation is 1. The van der Waals surface area contributed by atoms with Crippen molar-refractivity contribution < 1.29 is 8.42 Å². The van der Waals surface area contributed by atoms with E-state index in [9.17, 15) is 8.42 Å². The predicted octanol–water partition coefficient (Wildman–Crippen LogP) is 3.34. The molecule has 25 heavy (non-hydrogen) atoms. The molecular weight excluding hydrogens is 378 g/mol. The van der Waals surface area contributed by atoms with Gasteiger partial charge < -0.3 is 5.73 Å². The molecule has 1 atom stereocenters. The van der Waals surface area contributed by atoms with Gasteiger partial charge in [-0.2, -0.15) is 0 Å². The van der Waals surface area contributed by atoms with Gasteiger partial charge in [0.2, 0.25) is 10.0 Å². The molecule has 8 heteroatoms. The second kappa shape index (κ2) is 8.60. The number of sulfonamides is 1. The molecule has 0 bridgehead atoms. The van der Waals surface area contributed by atoms with E-state index in [1.54, 1.807) is 18.2 Å². The topological polar surface area (TPSA) is 85.1 Å². The lowest BCUT2D eigenvalue weighted by molar-refractivity contribution is 0.405. The molecule has 138 valence electrons. The third-order valence-corrected chi connectivity index (χ3v) is 7.04.